The molecule has 5 rings (SSSR count). The van der Waals surface area contributed by atoms with Crippen molar-refractivity contribution in [3.8, 4) is 0 Å². The normalized spacial score (nSPS) is 49.3. The number of hydrogen-bond donors (Lipinski definition) is 1. The lowest BCUT2D eigenvalue weighted by Gasteiger charge is -2.54. The van der Waals surface area contributed by atoms with Crippen LogP contribution in [0.15, 0.2) is 0 Å². The van der Waals surface area contributed by atoms with E-state index in [0.717, 1.165) is 35.5 Å². The molecule has 0 aromatic carbocycles. The first kappa shape index (κ1) is 12.7. The molecule has 1 heteroatoms. The summed E-state index contributed by atoms with van der Waals surface area (Å²) in [5, 5.41) is 3.65. The Morgan fingerprint density at radius 1 is 0.789 bits per heavy atom. The fourth-order valence-electron chi connectivity index (χ4n) is 6.28. The smallest absolute Gasteiger partial charge is 0.00205 e. The van der Waals surface area contributed by atoms with E-state index < -0.39 is 0 Å². The molecule has 4 bridgehead atoms. The van der Waals surface area contributed by atoms with Crippen molar-refractivity contribution in [2.75, 3.05) is 13.1 Å². The molecular formula is C18H31N. The molecule has 0 radical (unpaired) electrons. The van der Waals surface area contributed by atoms with Gasteiger partial charge in [0.15, 0.2) is 0 Å². The second-order valence-corrected chi connectivity index (χ2v) is 8.24. The van der Waals surface area contributed by atoms with E-state index in [1.165, 1.54) is 38.8 Å². The zero-order valence-electron chi connectivity index (χ0n) is 12.4. The van der Waals surface area contributed by atoms with Crippen molar-refractivity contribution in [3.05, 3.63) is 0 Å². The molecular weight excluding hydrogens is 230 g/mol. The average molecular weight is 261 g/mol. The van der Waals surface area contributed by atoms with Crippen molar-refractivity contribution < 1.29 is 0 Å². The molecule has 1 N–H and O–H groups in total. The summed E-state index contributed by atoms with van der Waals surface area (Å²) >= 11 is 0. The van der Waals surface area contributed by atoms with Gasteiger partial charge in [0, 0.05) is 0 Å². The lowest BCUT2D eigenvalue weighted by Crippen LogP contribution is -2.45. The second kappa shape index (κ2) is 5.39. The SMILES string of the molecule is C1CCC(CCC2C3CC4CC(C3)CC2C4)CNC1. The maximum atomic E-state index is 3.65. The van der Waals surface area contributed by atoms with Gasteiger partial charge in [0.1, 0.15) is 0 Å². The Balaban J connectivity index is 1.33. The highest BCUT2D eigenvalue weighted by Gasteiger charge is 2.47. The molecule has 5 fully saturated rings. The summed E-state index contributed by atoms with van der Waals surface area (Å²) in [7, 11) is 0. The molecule has 4 aliphatic carbocycles. The summed E-state index contributed by atoms with van der Waals surface area (Å²) in [4.78, 5) is 0. The van der Waals surface area contributed by atoms with Crippen LogP contribution in [0.3, 0.4) is 0 Å². The Labute approximate surface area is 118 Å². The van der Waals surface area contributed by atoms with Crippen LogP contribution in [-0.2, 0) is 0 Å². The summed E-state index contributed by atoms with van der Waals surface area (Å²) in [6.07, 6.45) is 15.5. The molecule has 108 valence electrons. The average Bonchev–Trinajstić information content (AvgIpc) is 2.66. The van der Waals surface area contributed by atoms with E-state index in [4.69, 9.17) is 0 Å². The van der Waals surface area contributed by atoms with Crippen LogP contribution in [0.25, 0.3) is 0 Å². The molecule has 0 spiro atoms. The van der Waals surface area contributed by atoms with E-state index in [2.05, 4.69) is 5.32 Å². The molecule has 1 unspecified atom stereocenters. The molecule has 0 aromatic rings. The van der Waals surface area contributed by atoms with Crippen LogP contribution in [0.5, 0.6) is 0 Å². The van der Waals surface area contributed by atoms with E-state index >= 15 is 0 Å². The van der Waals surface area contributed by atoms with Crippen LogP contribution in [0, 0.1) is 35.5 Å². The van der Waals surface area contributed by atoms with Gasteiger partial charge in [0.05, 0.1) is 0 Å². The minimum absolute atomic E-state index is 1.000. The van der Waals surface area contributed by atoms with Crippen molar-refractivity contribution in [2.24, 2.45) is 35.5 Å². The first-order valence-corrected chi connectivity index (χ1v) is 9.09. The predicted octanol–water partition coefficient (Wildman–Crippen LogP) is 4.23. The quantitative estimate of drug-likeness (QED) is 0.801. The Hall–Kier alpha value is -0.0400. The highest BCUT2D eigenvalue weighted by atomic mass is 14.9. The molecule has 1 aliphatic heterocycles. The zero-order valence-corrected chi connectivity index (χ0v) is 12.4. The Morgan fingerprint density at radius 2 is 1.53 bits per heavy atom. The van der Waals surface area contributed by atoms with Crippen molar-refractivity contribution in [1.82, 2.24) is 5.32 Å². The van der Waals surface area contributed by atoms with E-state index in [1.807, 2.05) is 0 Å². The minimum Gasteiger partial charge on any atom is -0.316 e. The highest BCUT2D eigenvalue weighted by molar-refractivity contribution is 4.98. The van der Waals surface area contributed by atoms with Crippen LogP contribution in [0.4, 0.5) is 0 Å². The Morgan fingerprint density at radius 3 is 2.26 bits per heavy atom. The van der Waals surface area contributed by atoms with E-state index in [-0.39, 0.29) is 0 Å². The van der Waals surface area contributed by atoms with E-state index in [9.17, 15) is 0 Å². The second-order valence-electron chi connectivity index (χ2n) is 8.24. The van der Waals surface area contributed by atoms with Crippen LogP contribution < -0.4 is 5.32 Å². The third-order valence-electron chi connectivity index (χ3n) is 6.98. The Bertz CT molecular complexity index is 275. The van der Waals surface area contributed by atoms with Gasteiger partial charge >= 0.3 is 0 Å². The van der Waals surface area contributed by atoms with E-state index in [1.54, 1.807) is 38.5 Å². The standard InChI is InChI=1S/C18H31N/c1-2-6-19-12-13(3-1)4-5-18-16-8-14-7-15(10-16)11-17(18)9-14/h13-19H,1-12H2. The molecule has 19 heavy (non-hydrogen) atoms. The zero-order chi connectivity index (χ0) is 12.7. The van der Waals surface area contributed by atoms with Gasteiger partial charge in [-0.1, -0.05) is 6.42 Å². The molecule has 0 aromatic heterocycles. The van der Waals surface area contributed by atoms with Crippen LogP contribution in [0.2, 0.25) is 0 Å². The maximum Gasteiger partial charge on any atom is -0.00205 e. The molecule has 0 amide bonds. The van der Waals surface area contributed by atoms with Gasteiger partial charge in [0.2, 0.25) is 0 Å². The summed E-state index contributed by atoms with van der Waals surface area (Å²) in [5.74, 6) is 6.73. The number of rotatable bonds is 3. The molecule has 1 heterocycles. The van der Waals surface area contributed by atoms with Gasteiger partial charge in [-0.2, -0.15) is 0 Å². The third kappa shape index (κ3) is 2.60. The predicted molar refractivity (Wildman–Crippen MR) is 80.0 cm³/mol. The summed E-state index contributed by atoms with van der Waals surface area (Å²) in [5.41, 5.74) is 0. The maximum absolute atomic E-state index is 3.65. The minimum atomic E-state index is 1.000. The molecule has 1 atom stereocenters. The van der Waals surface area contributed by atoms with Gasteiger partial charge in [-0.15, -0.1) is 0 Å². The van der Waals surface area contributed by atoms with Crippen molar-refractivity contribution in [3.63, 3.8) is 0 Å². The molecule has 5 aliphatic rings. The van der Waals surface area contributed by atoms with Gasteiger partial charge < -0.3 is 5.32 Å². The first-order chi connectivity index (χ1) is 9.38. The topological polar surface area (TPSA) is 12.0 Å². The van der Waals surface area contributed by atoms with Gasteiger partial charge in [-0.25, -0.2) is 0 Å². The van der Waals surface area contributed by atoms with Crippen molar-refractivity contribution in [1.29, 1.82) is 0 Å². The first-order valence-electron chi connectivity index (χ1n) is 9.09. The van der Waals surface area contributed by atoms with Crippen LogP contribution in [0.1, 0.15) is 64.2 Å². The summed E-state index contributed by atoms with van der Waals surface area (Å²) in [6, 6.07) is 0. The number of hydrogen-bond acceptors (Lipinski definition) is 1. The molecule has 1 saturated heterocycles. The van der Waals surface area contributed by atoms with Crippen molar-refractivity contribution in [2.45, 2.75) is 64.2 Å². The number of nitrogens with one attached hydrogen (secondary N) is 1. The lowest BCUT2D eigenvalue weighted by molar-refractivity contribution is -0.0417. The highest BCUT2D eigenvalue weighted by Crippen LogP contribution is 2.57. The van der Waals surface area contributed by atoms with Crippen LogP contribution in [-0.4, -0.2) is 13.1 Å². The summed E-state index contributed by atoms with van der Waals surface area (Å²) < 4.78 is 0. The van der Waals surface area contributed by atoms with Crippen LogP contribution >= 0.6 is 0 Å². The largest absolute Gasteiger partial charge is 0.316 e. The van der Waals surface area contributed by atoms with Gasteiger partial charge in [-0.05, 0) is 106 Å². The van der Waals surface area contributed by atoms with Gasteiger partial charge in [0.25, 0.3) is 0 Å². The molecule has 1 nitrogen and oxygen atoms in total. The van der Waals surface area contributed by atoms with Crippen molar-refractivity contribution >= 4 is 0 Å². The molecule has 4 saturated carbocycles. The third-order valence-corrected chi connectivity index (χ3v) is 6.98. The monoisotopic (exact) mass is 261 g/mol. The fraction of sp³-hybridized carbons (Fsp3) is 1.00. The Kier molecular flexibility index (Phi) is 3.60. The van der Waals surface area contributed by atoms with Gasteiger partial charge in [-0.3, -0.25) is 0 Å². The fourth-order valence-corrected chi connectivity index (χ4v) is 6.28. The van der Waals surface area contributed by atoms with E-state index in [0.29, 0.717) is 0 Å². The lowest BCUT2D eigenvalue weighted by atomic mass is 9.51. The summed E-state index contributed by atoms with van der Waals surface area (Å²) in [6.45, 7) is 2.59.